The summed E-state index contributed by atoms with van der Waals surface area (Å²) in [5, 5.41) is 16.4. The molecule has 1 amide bonds. The average Bonchev–Trinajstić information content (AvgIpc) is 3.33. The topological polar surface area (TPSA) is 97.3 Å². The molecule has 8 nitrogen and oxygen atoms in total. The number of carboxylic acids is 1. The minimum atomic E-state index is -1.01. The first kappa shape index (κ1) is 29.9. The SMILES string of the molecule is C=C1C=CC(N(C)N[C@H]2CC[C@@H](N(C(=O)C3CCC(C)CC3)c3cc(C#CC(C)(C)C)sc3C(=O)O)CC2)=NN1. The number of carbonyl (C=O) groups is 2. The normalized spacial score (nSPS) is 24.8. The van der Waals surface area contributed by atoms with Crippen LogP contribution in [0.5, 0.6) is 0 Å². The van der Waals surface area contributed by atoms with Crippen LogP contribution in [0.25, 0.3) is 0 Å². The van der Waals surface area contributed by atoms with Crippen molar-refractivity contribution in [1.82, 2.24) is 15.9 Å². The summed E-state index contributed by atoms with van der Waals surface area (Å²) in [6.45, 7) is 12.2. The summed E-state index contributed by atoms with van der Waals surface area (Å²) in [6.07, 6.45) is 10.9. The average molecular weight is 566 g/mol. The number of aromatic carboxylic acids is 1. The number of likely N-dealkylation sites (N-methyl/N-ethyl adjacent to an activating group) is 1. The van der Waals surface area contributed by atoms with Crippen LogP contribution in [0.3, 0.4) is 0 Å². The van der Waals surface area contributed by atoms with Gasteiger partial charge in [0.25, 0.3) is 0 Å². The minimum absolute atomic E-state index is 0.0526. The fourth-order valence-electron chi connectivity index (χ4n) is 5.59. The molecular weight excluding hydrogens is 522 g/mol. The van der Waals surface area contributed by atoms with E-state index in [1.807, 2.05) is 55.9 Å². The van der Waals surface area contributed by atoms with Crippen LogP contribution in [-0.4, -0.2) is 47.0 Å². The van der Waals surface area contributed by atoms with Gasteiger partial charge in [0.05, 0.1) is 10.6 Å². The van der Waals surface area contributed by atoms with E-state index in [0.29, 0.717) is 16.5 Å². The number of nitrogens with one attached hydrogen (secondary N) is 2. The maximum absolute atomic E-state index is 14.1. The highest BCUT2D eigenvalue weighted by Crippen LogP contribution is 2.39. The van der Waals surface area contributed by atoms with Crippen molar-refractivity contribution < 1.29 is 14.7 Å². The highest BCUT2D eigenvalue weighted by atomic mass is 32.1. The van der Waals surface area contributed by atoms with E-state index in [1.54, 1.807) is 0 Å². The number of nitrogens with zero attached hydrogens (tertiary/aromatic N) is 3. The second-order valence-corrected chi connectivity index (χ2v) is 13.5. The first-order chi connectivity index (χ1) is 18.9. The Morgan fingerprint density at radius 2 is 1.80 bits per heavy atom. The van der Waals surface area contributed by atoms with Gasteiger partial charge < -0.3 is 10.0 Å². The lowest BCUT2D eigenvalue weighted by Gasteiger charge is -2.40. The van der Waals surface area contributed by atoms with Crippen molar-refractivity contribution in [3.05, 3.63) is 40.2 Å². The molecule has 4 rings (SSSR count). The first-order valence-corrected chi connectivity index (χ1v) is 15.2. The van der Waals surface area contributed by atoms with Gasteiger partial charge in [0.1, 0.15) is 4.88 Å². The van der Waals surface area contributed by atoms with Crippen LogP contribution in [0.2, 0.25) is 0 Å². The lowest BCUT2D eigenvalue weighted by Crippen LogP contribution is -2.51. The number of hydrogen-bond donors (Lipinski definition) is 3. The summed E-state index contributed by atoms with van der Waals surface area (Å²) in [5.74, 6) is 6.78. The summed E-state index contributed by atoms with van der Waals surface area (Å²) in [7, 11) is 1.94. The fraction of sp³-hybridized carbons (Fsp3) is 0.581. The van der Waals surface area contributed by atoms with Crippen LogP contribution in [0.15, 0.2) is 35.6 Å². The third-order valence-corrected chi connectivity index (χ3v) is 8.89. The van der Waals surface area contributed by atoms with E-state index in [1.165, 1.54) is 11.3 Å². The smallest absolute Gasteiger partial charge is 0.348 e. The van der Waals surface area contributed by atoms with Gasteiger partial charge in [-0.05, 0) is 96.3 Å². The van der Waals surface area contributed by atoms with Gasteiger partial charge in [-0.1, -0.05) is 25.3 Å². The number of amidine groups is 1. The van der Waals surface area contributed by atoms with Gasteiger partial charge in [-0.2, -0.15) is 5.10 Å². The van der Waals surface area contributed by atoms with E-state index in [0.717, 1.165) is 62.9 Å². The molecule has 0 atom stereocenters. The standard InChI is InChI=1S/C31H43N5O3S/c1-20-7-10-22(11-8-20)29(37)36(26-19-25(17-18-31(3,4)5)40-28(26)30(38)39)24-14-12-23(13-15-24)34-35(6)27-16-9-21(2)32-33-27/h9,16,19-20,22-24,32,34H,2,7-8,10-15H2,1,3-6H3,(H,38,39)/t20?,22?,23-,24+. The number of carbonyl (C=O) groups excluding carboxylic acids is 1. The molecule has 1 aliphatic heterocycles. The molecule has 0 bridgehead atoms. The maximum Gasteiger partial charge on any atom is 0.348 e. The zero-order chi connectivity index (χ0) is 29.0. The van der Waals surface area contributed by atoms with Crippen LogP contribution >= 0.6 is 11.3 Å². The number of rotatable bonds is 6. The van der Waals surface area contributed by atoms with Gasteiger partial charge in [0, 0.05) is 36.2 Å². The molecule has 0 aromatic carbocycles. The molecule has 216 valence electrons. The Hall–Kier alpha value is -3.09. The zero-order valence-electron chi connectivity index (χ0n) is 24.4. The Morgan fingerprint density at radius 3 is 2.38 bits per heavy atom. The van der Waals surface area contributed by atoms with E-state index in [4.69, 9.17) is 0 Å². The molecule has 2 heterocycles. The molecule has 40 heavy (non-hydrogen) atoms. The Labute approximate surface area is 242 Å². The molecule has 1 aromatic rings. The Balaban J connectivity index is 1.56. The number of carboxylic acid groups (broad SMARTS) is 1. The van der Waals surface area contributed by atoms with E-state index in [9.17, 15) is 14.7 Å². The molecule has 2 aliphatic carbocycles. The zero-order valence-corrected chi connectivity index (χ0v) is 25.2. The Kier molecular flexibility index (Phi) is 9.42. The number of amides is 1. The number of anilines is 1. The molecule has 3 N–H and O–H groups in total. The van der Waals surface area contributed by atoms with Crippen molar-refractivity contribution in [2.75, 3.05) is 11.9 Å². The second kappa shape index (κ2) is 12.6. The highest BCUT2D eigenvalue weighted by molar-refractivity contribution is 7.15. The molecule has 1 aromatic heterocycles. The van der Waals surface area contributed by atoms with Crippen LogP contribution in [-0.2, 0) is 4.79 Å². The summed E-state index contributed by atoms with van der Waals surface area (Å²) in [5.41, 5.74) is 7.48. The molecule has 0 radical (unpaired) electrons. The Bertz CT molecular complexity index is 1230. The van der Waals surface area contributed by atoms with Gasteiger partial charge in [0.15, 0.2) is 5.84 Å². The van der Waals surface area contributed by atoms with Crippen molar-refractivity contribution in [2.45, 2.75) is 91.1 Å². The van der Waals surface area contributed by atoms with Crippen molar-refractivity contribution in [2.24, 2.45) is 22.4 Å². The molecular formula is C31H43N5O3S. The minimum Gasteiger partial charge on any atom is -0.477 e. The largest absolute Gasteiger partial charge is 0.477 e. The first-order valence-electron chi connectivity index (χ1n) is 14.3. The van der Waals surface area contributed by atoms with Crippen LogP contribution in [0, 0.1) is 29.1 Å². The molecule has 9 heteroatoms. The predicted octanol–water partition coefficient (Wildman–Crippen LogP) is 5.74. The van der Waals surface area contributed by atoms with Gasteiger partial charge >= 0.3 is 5.97 Å². The van der Waals surface area contributed by atoms with Crippen LogP contribution in [0.1, 0.15) is 93.6 Å². The second-order valence-electron chi connectivity index (χ2n) is 12.4. The predicted molar refractivity (Wildman–Crippen MR) is 162 cm³/mol. The fourth-order valence-corrected chi connectivity index (χ4v) is 6.43. The van der Waals surface area contributed by atoms with Crippen LogP contribution in [0.4, 0.5) is 5.69 Å². The third kappa shape index (κ3) is 7.55. The molecule has 0 spiro atoms. The number of hydrogen-bond acceptors (Lipinski definition) is 7. The lowest BCUT2D eigenvalue weighted by molar-refractivity contribution is -0.124. The van der Waals surface area contributed by atoms with Gasteiger partial charge in [-0.3, -0.25) is 15.2 Å². The van der Waals surface area contributed by atoms with Crippen molar-refractivity contribution >= 4 is 34.7 Å². The molecule has 2 saturated carbocycles. The number of thiophene rings is 1. The van der Waals surface area contributed by atoms with Gasteiger partial charge in [0.2, 0.25) is 5.91 Å². The monoisotopic (exact) mass is 565 g/mol. The highest BCUT2D eigenvalue weighted by Gasteiger charge is 2.37. The van der Waals surface area contributed by atoms with Crippen LogP contribution < -0.4 is 15.8 Å². The summed E-state index contributed by atoms with van der Waals surface area (Å²) < 4.78 is 0. The van der Waals surface area contributed by atoms with Crippen molar-refractivity contribution in [3.8, 4) is 11.8 Å². The summed E-state index contributed by atoms with van der Waals surface area (Å²) in [6, 6.07) is 2.01. The van der Waals surface area contributed by atoms with Crippen molar-refractivity contribution in [1.29, 1.82) is 0 Å². The van der Waals surface area contributed by atoms with E-state index in [2.05, 4.69) is 41.3 Å². The van der Waals surface area contributed by atoms with Crippen molar-refractivity contribution in [3.63, 3.8) is 0 Å². The molecule has 2 fully saturated rings. The van der Waals surface area contributed by atoms with E-state index < -0.39 is 5.97 Å². The Morgan fingerprint density at radius 1 is 1.12 bits per heavy atom. The number of hydrazine groups is 1. The number of allylic oxidation sites excluding steroid dienone is 1. The van der Waals surface area contributed by atoms with Gasteiger partial charge in [-0.15, -0.1) is 11.3 Å². The number of hydrazone groups is 1. The van der Waals surface area contributed by atoms with E-state index in [-0.39, 0.29) is 34.2 Å². The van der Waals surface area contributed by atoms with Gasteiger partial charge in [-0.25, -0.2) is 10.2 Å². The third-order valence-electron chi connectivity index (χ3n) is 7.86. The quantitative estimate of drug-likeness (QED) is 0.301. The summed E-state index contributed by atoms with van der Waals surface area (Å²) in [4.78, 5) is 29.3. The molecule has 0 unspecified atom stereocenters. The van der Waals surface area contributed by atoms with E-state index >= 15 is 0 Å². The molecule has 3 aliphatic rings. The summed E-state index contributed by atoms with van der Waals surface area (Å²) >= 11 is 1.17. The molecule has 0 saturated heterocycles. The lowest BCUT2D eigenvalue weighted by atomic mass is 9.81. The maximum atomic E-state index is 14.1.